The number of nitrogens with zero attached hydrogens (tertiary/aromatic N) is 4. The summed E-state index contributed by atoms with van der Waals surface area (Å²) in [7, 11) is 0. The molecular weight excluding hydrogens is 462 g/mol. The number of pyridine rings is 1. The Bertz CT molecular complexity index is 1260. The van der Waals surface area contributed by atoms with Gasteiger partial charge in [0.05, 0.1) is 0 Å². The third kappa shape index (κ3) is 6.63. The van der Waals surface area contributed by atoms with Crippen molar-refractivity contribution in [2.24, 2.45) is 0 Å². The fraction of sp³-hybridized carbons (Fsp3) is 0.448. The molecule has 0 radical (unpaired) electrons. The maximum atomic E-state index is 12.9. The Hall–Kier alpha value is -3.52. The smallest absolute Gasteiger partial charge is 0.256 e. The minimum atomic E-state index is -0.224. The first-order valence-electron chi connectivity index (χ1n) is 13.0. The van der Waals surface area contributed by atoms with Crippen LogP contribution in [-0.2, 0) is 18.4 Å². The molecule has 1 aliphatic heterocycles. The lowest BCUT2D eigenvalue weighted by atomic mass is 9.91. The Balaban J connectivity index is 1.61. The van der Waals surface area contributed by atoms with Crippen LogP contribution in [0.3, 0.4) is 0 Å². The molecule has 4 rings (SSSR count). The number of anilines is 4. The summed E-state index contributed by atoms with van der Waals surface area (Å²) in [6.07, 6.45) is 4.36. The number of hydrogen-bond donors (Lipinski definition) is 3. The summed E-state index contributed by atoms with van der Waals surface area (Å²) >= 11 is 0. The van der Waals surface area contributed by atoms with Crippen molar-refractivity contribution in [3.05, 3.63) is 65.1 Å². The summed E-state index contributed by atoms with van der Waals surface area (Å²) in [5.41, 5.74) is 5.68. The molecule has 37 heavy (non-hydrogen) atoms. The summed E-state index contributed by atoms with van der Waals surface area (Å²) in [5, 5.41) is 9.61. The van der Waals surface area contributed by atoms with Gasteiger partial charge in [-0.2, -0.15) is 4.98 Å². The number of fused-ring (bicyclic) bond motifs is 1. The Kier molecular flexibility index (Phi) is 7.78. The maximum Gasteiger partial charge on any atom is 0.256 e. The standard InChI is InChI=1S/C29H39N7O/c1-18(2)32-27(37)24-16-31-28(35-26(24)33-23-10-12-30-25(15-23)29(5,6)7)34-22-9-8-21-17-36(19(3)4)13-11-20(21)14-22/h8-10,12,14-16,18-19H,11,13,17H2,1-7H3,(H,32,37)(H2,30,31,33,34,35). The summed E-state index contributed by atoms with van der Waals surface area (Å²) in [5.74, 6) is 0.637. The zero-order chi connectivity index (χ0) is 26.7. The van der Waals surface area contributed by atoms with Crippen molar-refractivity contribution in [1.29, 1.82) is 0 Å². The molecular formula is C29H39N7O. The minimum absolute atomic E-state index is 0.00585. The van der Waals surface area contributed by atoms with E-state index in [1.165, 1.54) is 11.1 Å². The molecule has 0 saturated carbocycles. The third-order valence-electron chi connectivity index (χ3n) is 6.48. The van der Waals surface area contributed by atoms with Gasteiger partial charge in [0.25, 0.3) is 5.91 Å². The van der Waals surface area contributed by atoms with E-state index in [-0.39, 0.29) is 17.4 Å². The van der Waals surface area contributed by atoms with Gasteiger partial charge in [-0.15, -0.1) is 0 Å². The average Bonchev–Trinajstić information content (AvgIpc) is 2.83. The molecule has 0 fully saturated rings. The number of benzene rings is 1. The predicted molar refractivity (Wildman–Crippen MR) is 150 cm³/mol. The van der Waals surface area contributed by atoms with Crippen LogP contribution in [0.1, 0.15) is 75.6 Å². The number of aromatic nitrogens is 3. The van der Waals surface area contributed by atoms with Crippen LogP contribution in [0.15, 0.2) is 42.7 Å². The fourth-order valence-corrected chi connectivity index (χ4v) is 4.32. The average molecular weight is 502 g/mol. The van der Waals surface area contributed by atoms with E-state index in [2.05, 4.69) is 83.6 Å². The van der Waals surface area contributed by atoms with Crippen molar-refractivity contribution >= 4 is 29.0 Å². The summed E-state index contributed by atoms with van der Waals surface area (Å²) in [6, 6.07) is 10.8. The van der Waals surface area contributed by atoms with E-state index < -0.39 is 0 Å². The summed E-state index contributed by atoms with van der Waals surface area (Å²) in [6.45, 7) is 16.7. The lowest BCUT2D eigenvalue weighted by molar-refractivity contribution is 0.0943. The van der Waals surface area contributed by atoms with Crippen molar-refractivity contribution in [2.75, 3.05) is 17.2 Å². The lowest BCUT2D eigenvalue weighted by Crippen LogP contribution is -2.35. The number of rotatable bonds is 7. The quantitative estimate of drug-likeness (QED) is 0.390. The Morgan fingerprint density at radius 2 is 1.73 bits per heavy atom. The largest absolute Gasteiger partial charge is 0.350 e. The van der Waals surface area contributed by atoms with Gasteiger partial charge in [-0.05, 0) is 69.5 Å². The fourth-order valence-electron chi connectivity index (χ4n) is 4.32. The Morgan fingerprint density at radius 1 is 0.973 bits per heavy atom. The SMILES string of the molecule is CC(C)NC(=O)c1cnc(Nc2ccc3c(c2)CCN(C(C)C)C3)nc1Nc1ccnc(C(C)(C)C)c1. The summed E-state index contributed by atoms with van der Waals surface area (Å²) < 4.78 is 0. The first-order valence-corrected chi connectivity index (χ1v) is 13.0. The van der Waals surface area contributed by atoms with E-state index in [0.29, 0.717) is 23.4 Å². The number of carbonyl (C=O) groups excluding carboxylic acids is 1. The van der Waals surface area contributed by atoms with Crippen LogP contribution in [-0.4, -0.2) is 44.4 Å². The minimum Gasteiger partial charge on any atom is -0.350 e. The molecule has 0 unspecified atom stereocenters. The first kappa shape index (κ1) is 26.5. The molecule has 3 aromatic rings. The van der Waals surface area contributed by atoms with Gasteiger partial charge in [0.2, 0.25) is 5.95 Å². The molecule has 3 heterocycles. The number of nitrogens with one attached hydrogen (secondary N) is 3. The third-order valence-corrected chi connectivity index (χ3v) is 6.48. The molecule has 8 nitrogen and oxygen atoms in total. The van der Waals surface area contributed by atoms with Crippen molar-refractivity contribution in [3.8, 4) is 0 Å². The highest BCUT2D eigenvalue weighted by atomic mass is 16.1. The van der Waals surface area contributed by atoms with Crippen LogP contribution in [0.4, 0.5) is 23.1 Å². The zero-order valence-corrected chi connectivity index (χ0v) is 23.0. The second kappa shape index (κ2) is 10.8. The molecule has 1 aromatic carbocycles. The lowest BCUT2D eigenvalue weighted by Gasteiger charge is -2.32. The van der Waals surface area contributed by atoms with Crippen molar-refractivity contribution in [1.82, 2.24) is 25.2 Å². The van der Waals surface area contributed by atoms with Gasteiger partial charge in [0.1, 0.15) is 11.4 Å². The molecule has 1 aliphatic rings. The Morgan fingerprint density at radius 3 is 2.43 bits per heavy atom. The zero-order valence-electron chi connectivity index (χ0n) is 23.0. The Labute approximate surface area is 220 Å². The second-order valence-corrected chi connectivity index (χ2v) is 11.3. The molecule has 196 valence electrons. The molecule has 2 aromatic heterocycles. The monoisotopic (exact) mass is 501 g/mol. The van der Waals surface area contributed by atoms with E-state index in [9.17, 15) is 4.79 Å². The van der Waals surface area contributed by atoms with Crippen LogP contribution in [0.2, 0.25) is 0 Å². The number of carbonyl (C=O) groups is 1. The van der Waals surface area contributed by atoms with Crippen LogP contribution < -0.4 is 16.0 Å². The normalized spacial score (nSPS) is 14.0. The maximum absolute atomic E-state index is 12.9. The molecule has 3 N–H and O–H groups in total. The van der Waals surface area contributed by atoms with Crippen molar-refractivity contribution < 1.29 is 4.79 Å². The predicted octanol–water partition coefficient (Wildman–Crippen LogP) is 5.56. The van der Waals surface area contributed by atoms with Gasteiger partial charge in [-0.25, -0.2) is 4.98 Å². The van der Waals surface area contributed by atoms with Gasteiger partial charge in [-0.3, -0.25) is 14.7 Å². The van der Waals surface area contributed by atoms with Gasteiger partial charge in [-0.1, -0.05) is 26.8 Å². The highest BCUT2D eigenvalue weighted by molar-refractivity contribution is 5.99. The van der Waals surface area contributed by atoms with Gasteiger partial charge in [0, 0.05) is 60.1 Å². The van der Waals surface area contributed by atoms with E-state index >= 15 is 0 Å². The number of hydrogen-bond acceptors (Lipinski definition) is 7. The molecule has 0 bridgehead atoms. The highest BCUT2D eigenvalue weighted by Crippen LogP contribution is 2.28. The highest BCUT2D eigenvalue weighted by Gasteiger charge is 2.20. The molecule has 8 heteroatoms. The molecule has 0 atom stereocenters. The topological polar surface area (TPSA) is 95.1 Å². The van der Waals surface area contributed by atoms with Crippen LogP contribution in [0.25, 0.3) is 0 Å². The van der Waals surface area contributed by atoms with E-state index in [1.54, 1.807) is 12.4 Å². The first-order chi connectivity index (χ1) is 17.5. The van der Waals surface area contributed by atoms with Crippen LogP contribution in [0.5, 0.6) is 0 Å². The van der Waals surface area contributed by atoms with E-state index in [0.717, 1.165) is 36.6 Å². The van der Waals surface area contributed by atoms with Crippen LogP contribution in [0, 0.1) is 0 Å². The molecule has 0 aliphatic carbocycles. The van der Waals surface area contributed by atoms with Gasteiger partial charge < -0.3 is 16.0 Å². The van der Waals surface area contributed by atoms with Gasteiger partial charge in [0.15, 0.2) is 0 Å². The van der Waals surface area contributed by atoms with Crippen LogP contribution >= 0.6 is 0 Å². The molecule has 0 saturated heterocycles. The van der Waals surface area contributed by atoms with E-state index in [4.69, 9.17) is 4.98 Å². The summed E-state index contributed by atoms with van der Waals surface area (Å²) in [4.78, 5) is 29.1. The molecule has 1 amide bonds. The van der Waals surface area contributed by atoms with Gasteiger partial charge >= 0.3 is 0 Å². The van der Waals surface area contributed by atoms with E-state index in [1.807, 2.05) is 26.0 Å². The van der Waals surface area contributed by atoms with Crippen molar-refractivity contribution in [2.45, 2.75) is 78.9 Å². The molecule has 0 spiro atoms. The van der Waals surface area contributed by atoms with Crippen molar-refractivity contribution in [3.63, 3.8) is 0 Å². The number of amides is 1. The second-order valence-electron chi connectivity index (χ2n) is 11.3.